The maximum Gasteiger partial charge on any atom is 0.439 e. The van der Waals surface area contributed by atoms with Gasteiger partial charge in [-0.2, -0.15) is 0 Å². The first-order valence-corrected chi connectivity index (χ1v) is 11.3. The smallest absolute Gasteiger partial charge is 0.439 e. The van der Waals surface area contributed by atoms with E-state index in [1.807, 2.05) is 61.7 Å². The number of fused-ring (bicyclic) bond motifs is 1. The quantitative estimate of drug-likeness (QED) is 0.318. The summed E-state index contributed by atoms with van der Waals surface area (Å²) in [6.07, 6.45) is 1.89. The van der Waals surface area contributed by atoms with Gasteiger partial charge in [-0.1, -0.05) is 65.4 Å². The van der Waals surface area contributed by atoms with E-state index in [1.165, 1.54) is 11.8 Å². The van der Waals surface area contributed by atoms with Gasteiger partial charge < -0.3 is 10.1 Å². The lowest BCUT2D eigenvalue weighted by Gasteiger charge is -2.11. The number of H-pyrrole nitrogens is 2. The fraction of sp³-hybridized carbons (Fsp3) is 0.0833. The van der Waals surface area contributed by atoms with E-state index in [4.69, 9.17) is 0 Å². The number of rotatable bonds is 5. The Kier molecular flexibility index (Phi) is 5.10. The molecule has 0 unspecified atom stereocenters. The molecule has 8 nitrogen and oxygen atoms in total. The number of carboxylic acid groups (broad SMARTS) is 1. The van der Waals surface area contributed by atoms with E-state index in [9.17, 15) is 14.7 Å². The molecule has 5 aromatic rings. The Morgan fingerprint density at radius 1 is 1.00 bits per heavy atom. The number of aromatic carboxylic acids is 1. The van der Waals surface area contributed by atoms with Crippen LogP contribution in [0, 0.1) is 6.92 Å². The number of carboxylic acids is 1. The SMILES string of the molecule is CSc1nc2c(C)c(-c3ccc(-c4ccccc4-c4noc(=O)[nH]4)cc3)cc(C(=O)O)c2[nH]1. The Morgan fingerprint density at radius 3 is 2.27 bits per heavy atom. The summed E-state index contributed by atoms with van der Waals surface area (Å²) in [5, 5.41) is 14.2. The Balaban J connectivity index is 1.61. The zero-order valence-electron chi connectivity index (χ0n) is 17.7. The van der Waals surface area contributed by atoms with Gasteiger partial charge in [0.15, 0.2) is 11.0 Å². The number of imidazole rings is 1. The number of aromatic nitrogens is 4. The molecule has 0 aliphatic heterocycles. The van der Waals surface area contributed by atoms with E-state index < -0.39 is 11.7 Å². The van der Waals surface area contributed by atoms with E-state index in [2.05, 4.69) is 24.6 Å². The van der Waals surface area contributed by atoms with Crippen molar-refractivity contribution in [1.29, 1.82) is 0 Å². The fourth-order valence-corrected chi connectivity index (χ4v) is 4.34. The van der Waals surface area contributed by atoms with Gasteiger partial charge in [0.2, 0.25) is 0 Å². The summed E-state index contributed by atoms with van der Waals surface area (Å²) in [7, 11) is 0. The minimum absolute atomic E-state index is 0.183. The average Bonchev–Trinajstić information content (AvgIpc) is 3.46. The molecule has 2 heterocycles. The van der Waals surface area contributed by atoms with Gasteiger partial charge in [0.25, 0.3) is 0 Å². The van der Waals surface area contributed by atoms with Gasteiger partial charge in [-0.25, -0.2) is 14.6 Å². The Bertz CT molecular complexity index is 1560. The molecule has 9 heteroatoms. The van der Waals surface area contributed by atoms with Crippen LogP contribution in [0.1, 0.15) is 15.9 Å². The highest BCUT2D eigenvalue weighted by Crippen LogP contribution is 2.35. The lowest BCUT2D eigenvalue weighted by molar-refractivity contribution is 0.0699. The van der Waals surface area contributed by atoms with Crippen LogP contribution < -0.4 is 5.76 Å². The lowest BCUT2D eigenvalue weighted by Crippen LogP contribution is -2.00. The molecule has 5 rings (SSSR count). The van der Waals surface area contributed by atoms with Gasteiger partial charge in [0.05, 0.1) is 16.6 Å². The Hall–Kier alpha value is -4.11. The number of aromatic amines is 2. The van der Waals surface area contributed by atoms with Crippen LogP contribution >= 0.6 is 11.8 Å². The van der Waals surface area contributed by atoms with Crippen molar-refractivity contribution in [1.82, 2.24) is 20.1 Å². The van der Waals surface area contributed by atoms with Crippen molar-refractivity contribution >= 4 is 28.8 Å². The highest BCUT2D eigenvalue weighted by Gasteiger charge is 2.19. The molecular weight excluding hydrogens is 440 g/mol. The van der Waals surface area contributed by atoms with Crippen LogP contribution in [-0.2, 0) is 0 Å². The van der Waals surface area contributed by atoms with Gasteiger partial charge in [-0.3, -0.25) is 9.51 Å². The van der Waals surface area contributed by atoms with Crippen LogP contribution in [0.2, 0.25) is 0 Å². The van der Waals surface area contributed by atoms with Crippen molar-refractivity contribution in [3.05, 3.63) is 76.3 Å². The van der Waals surface area contributed by atoms with Crippen molar-refractivity contribution in [2.45, 2.75) is 12.1 Å². The van der Waals surface area contributed by atoms with Crippen molar-refractivity contribution in [2.75, 3.05) is 6.26 Å². The second-order valence-electron chi connectivity index (χ2n) is 7.44. The summed E-state index contributed by atoms with van der Waals surface area (Å²) >= 11 is 1.43. The summed E-state index contributed by atoms with van der Waals surface area (Å²) in [5.41, 5.74) is 6.48. The molecule has 164 valence electrons. The van der Waals surface area contributed by atoms with Gasteiger partial charge >= 0.3 is 11.7 Å². The van der Waals surface area contributed by atoms with E-state index >= 15 is 0 Å². The number of hydrogen-bond donors (Lipinski definition) is 3. The summed E-state index contributed by atoms with van der Waals surface area (Å²) in [6.45, 7) is 1.94. The molecule has 0 amide bonds. The van der Waals surface area contributed by atoms with Crippen molar-refractivity contribution < 1.29 is 14.4 Å². The number of hydrogen-bond acceptors (Lipinski definition) is 6. The topological polar surface area (TPSA) is 125 Å². The van der Waals surface area contributed by atoms with Crippen LogP contribution in [0.15, 0.2) is 69.1 Å². The summed E-state index contributed by atoms with van der Waals surface area (Å²) in [4.78, 5) is 33.6. The van der Waals surface area contributed by atoms with Gasteiger partial charge in [-0.05, 0) is 47.1 Å². The molecule has 2 aromatic heterocycles. The second-order valence-corrected chi connectivity index (χ2v) is 8.23. The Labute approximate surface area is 191 Å². The van der Waals surface area contributed by atoms with Crippen LogP contribution in [-0.4, -0.2) is 37.4 Å². The van der Waals surface area contributed by atoms with Crippen molar-refractivity contribution in [3.63, 3.8) is 0 Å². The van der Waals surface area contributed by atoms with Crippen molar-refractivity contribution in [2.24, 2.45) is 0 Å². The van der Waals surface area contributed by atoms with Crippen molar-refractivity contribution in [3.8, 4) is 33.6 Å². The standard InChI is InChI=1S/C24H18N4O4S/c1-12-17(11-18(22(29)30)20-19(12)25-23(26-20)33-2)14-9-7-13(8-10-14)15-5-3-4-6-16(15)21-27-24(31)32-28-21/h3-11H,1-2H3,(H,25,26)(H,29,30)(H,27,28,31). The number of thioether (sulfide) groups is 1. The number of nitrogens with zero attached hydrogens (tertiary/aromatic N) is 2. The largest absolute Gasteiger partial charge is 0.478 e. The van der Waals surface area contributed by atoms with Gasteiger partial charge in [0.1, 0.15) is 0 Å². The molecule has 33 heavy (non-hydrogen) atoms. The maximum atomic E-state index is 11.9. The van der Waals surface area contributed by atoms with Crippen LogP contribution in [0.25, 0.3) is 44.7 Å². The highest BCUT2D eigenvalue weighted by atomic mass is 32.2. The zero-order valence-corrected chi connectivity index (χ0v) is 18.5. The monoisotopic (exact) mass is 458 g/mol. The zero-order chi connectivity index (χ0) is 23.1. The van der Waals surface area contributed by atoms with E-state index in [0.717, 1.165) is 33.4 Å². The first kappa shape index (κ1) is 20.8. The summed E-state index contributed by atoms with van der Waals surface area (Å²) < 4.78 is 4.66. The summed E-state index contributed by atoms with van der Waals surface area (Å²) in [5.74, 6) is -1.27. The third-order valence-electron chi connectivity index (χ3n) is 5.55. The number of aryl methyl sites for hydroxylation is 1. The predicted octanol–water partition coefficient (Wildman–Crippen LogP) is 4.97. The maximum absolute atomic E-state index is 11.9. The molecule has 0 spiro atoms. The minimum Gasteiger partial charge on any atom is -0.478 e. The number of carbonyl (C=O) groups is 1. The first-order valence-electron chi connectivity index (χ1n) is 10.0. The Morgan fingerprint density at radius 2 is 1.67 bits per heavy atom. The normalized spacial score (nSPS) is 11.2. The number of benzene rings is 3. The minimum atomic E-state index is -1.01. The molecule has 0 radical (unpaired) electrons. The molecule has 3 aromatic carbocycles. The van der Waals surface area contributed by atoms with E-state index in [-0.39, 0.29) is 5.56 Å². The molecule has 0 fully saturated rings. The predicted molar refractivity (Wildman–Crippen MR) is 127 cm³/mol. The average molecular weight is 458 g/mol. The van der Waals surface area contributed by atoms with Crippen LogP contribution in [0.4, 0.5) is 0 Å². The molecule has 0 atom stereocenters. The molecule has 0 aliphatic rings. The molecule has 0 saturated heterocycles. The highest BCUT2D eigenvalue weighted by molar-refractivity contribution is 7.98. The van der Waals surface area contributed by atoms with E-state index in [1.54, 1.807) is 6.07 Å². The third kappa shape index (κ3) is 3.62. The molecular formula is C24H18N4O4S. The molecule has 0 bridgehead atoms. The van der Waals surface area contributed by atoms with Gasteiger partial charge in [0, 0.05) is 5.56 Å². The lowest BCUT2D eigenvalue weighted by atomic mass is 9.93. The second kappa shape index (κ2) is 8.10. The molecule has 3 N–H and O–H groups in total. The van der Waals surface area contributed by atoms with Gasteiger partial charge in [-0.15, -0.1) is 0 Å². The fourth-order valence-electron chi connectivity index (χ4n) is 3.95. The summed E-state index contributed by atoms with van der Waals surface area (Å²) in [6, 6.07) is 17.0. The molecule has 0 saturated carbocycles. The number of nitrogens with one attached hydrogen (secondary N) is 2. The third-order valence-corrected chi connectivity index (χ3v) is 6.13. The van der Waals surface area contributed by atoms with E-state index in [0.29, 0.717) is 22.0 Å². The van der Waals surface area contributed by atoms with Crippen LogP contribution in [0.5, 0.6) is 0 Å². The van der Waals surface area contributed by atoms with Crippen LogP contribution in [0.3, 0.4) is 0 Å². The first-order chi connectivity index (χ1) is 16.0. The molecule has 0 aliphatic carbocycles.